The molecule has 1 aliphatic rings. The van der Waals surface area contributed by atoms with Crippen LogP contribution in [0.4, 0.5) is 8.78 Å². The van der Waals surface area contributed by atoms with Crippen molar-refractivity contribution in [3.63, 3.8) is 0 Å². The number of halogens is 2. The highest BCUT2D eigenvalue weighted by atomic mass is 19.3. The lowest BCUT2D eigenvalue weighted by Gasteiger charge is -2.03. The molecule has 0 amide bonds. The number of carboxylic acid groups (broad SMARTS) is 1. The van der Waals surface area contributed by atoms with Gasteiger partial charge in [-0.05, 0) is 18.9 Å². The van der Waals surface area contributed by atoms with Gasteiger partial charge in [0.25, 0.3) is 6.43 Å². The zero-order valence-electron chi connectivity index (χ0n) is 8.58. The van der Waals surface area contributed by atoms with Gasteiger partial charge in [-0.3, -0.25) is 0 Å². The second kappa shape index (κ2) is 4.23. The summed E-state index contributed by atoms with van der Waals surface area (Å²) >= 11 is 0. The van der Waals surface area contributed by atoms with Crippen molar-refractivity contribution in [1.82, 2.24) is 0 Å². The predicted molar refractivity (Wildman–Crippen MR) is 51.8 cm³/mol. The zero-order valence-corrected chi connectivity index (χ0v) is 8.58. The maximum atomic E-state index is 12.5. The molecule has 1 aliphatic carbocycles. The number of furan rings is 1. The van der Waals surface area contributed by atoms with Gasteiger partial charge in [-0.2, -0.15) is 0 Å². The fourth-order valence-corrected chi connectivity index (χ4v) is 2.17. The summed E-state index contributed by atoms with van der Waals surface area (Å²) in [5.41, 5.74) is -0.406. The van der Waals surface area contributed by atoms with Gasteiger partial charge in [0.15, 0.2) is 5.76 Å². The van der Waals surface area contributed by atoms with E-state index >= 15 is 0 Å². The Morgan fingerprint density at radius 3 is 2.50 bits per heavy atom. The zero-order chi connectivity index (χ0) is 11.7. The minimum atomic E-state index is -2.87. The van der Waals surface area contributed by atoms with Crippen LogP contribution in [0.2, 0.25) is 0 Å². The molecular weight excluding hydrogens is 218 g/mol. The van der Waals surface area contributed by atoms with Gasteiger partial charge in [-0.15, -0.1) is 0 Å². The van der Waals surface area contributed by atoms with Crippen LogP contribution in [0.25, 0.3) is 0 Å². The van der Waals surface area contributed by atoms with Crippen LogP contribution in [0.3, 0.4) is 0 Å². The Labute approximate surface area is 91.1 Å². The summed E-state index contributed by atoms with van der Waals surface area (Å²) in [7, 11) is 0. The van der Waals surface area contributed by atoms with Crippen molar-refractivity contribution in [1.29, 1.82) is 0 Å². The minimum Gasteiger partial charge on any atom is -0.478 e. The summed E-state index contributed by atoms with van der Waals surface area (Å²) < 4.78 is 30.1. The number of aromatic carboxylic acids is 1. The van der Waals surface area contributed by atoms with Crippen LogP contribution in [0.1, 0.15) is 59.9 Å². The van der Waals surface area contributed by atoms with E-state index in [9.17, 15) is 13.6 Å². The first kappa shape index (κ1) is 11.1. The van der Waals surface area contributed by atoms with E-state index in [1.165, 1.54) is 6.07 Å². The molecule has 1 aromatic rings. The molecule has 0 bridgehead atoms. The van der Waals surface area contributed by atoms with Crippen LogP contribution in [0.15, 0.2) is 10.5 Å². The van der Waals surface area contributed by atoms with Gasteiger partial charge in [-0.25, -0.2) is 13.6 Å². The average Bonchev–Trinajstić information content (AvgIpc) is 2.86. The molecule has 0 aromatic carbocycles. The highest BCUT2D eigenvalue weighted by molar-refractivity contribution is 5.89. The van der Waals surface area contributed by atoms with Crippen molar-refractivity contribution in [2.24, 2.45) is 0 Å². The summed E-state index contributed by atoms with van der Waals surface area (Å²) in [5.74, 6) is -1.58. The average molecular weight is 230 g/mol. The molecule has 0 atom stereocenters. The van der Waals surface area contributed by atoms with Gasteiger partial charge in [0.05, 0.1) is 0 Å². The van der Waals surface area contributed by atoms with Crippen molar-refractivity contribution in [3.8, 4) is 0 Å². The second-order valence-electron chi connectivity index (χ2n) is 4.01. The maximum absolute atomic E-state index is 12.5. The summed E-state index contributed by atoms with van der Waals surface area (Å²) in [4.78, 5) is 10.8. The van der Waals surface area contributed by atoms with E-state index in [1.54, 1.807) is 0 Å². The Balaban J connectivity index is 2.34. The lowest BCUT2D eigenvalue weighted by molar-refractivity contribution is 0.0672. The van der Waals surface area contributed by atoms with E-state index in [0.29, 0.717) is 5.76 Å². The molecule has 1 N–H and O–H groups in total. The molecule has 5 heteroatoms. The molecule has 0 unspecified atom stereocenters. The molecule has 0 aliphatic heterocycles. The number of hydrogen-bond donors (Lipinski definition) is 1. The van der Waals surface area contributed by atoms with Crippen LogP contribution in [0, 0.1) is 0 Å². The Bertz CT molecular complexity index is 392. The molecule has 2 rings (SSSR count). The van der Waals surface area contributed by atoms with Gasteiger partial charge < -0.3 is 9.52 Å². The molecule has 3 nitrogen and oxygen atoms in total. The first-order chi connectivity index (χ1) is 7.59. The first-order valence-corrected chi connectivity index (χ1v) is 5.24. The number of carbonyl (C=O) groups is 1. The van der Waals surface area contributed by atoms with Crippen molar-refractivity contribution < 1.29 is 23.1 Å². The highest BCUT2D eigenvalue weighted by Gasteiger charge is 2.28. The lowest BCUT2D eigenvalue weighted by Crippen LogP contribution is -1.98. The topological polar surface area (TPSA) is 50.4 Å². The van der Waals surface area contributed by atoms with Crippen LogP contribution < -0.4 is 0 Å². The van der Waals surface area contributed by atoms with E-state index in [2.05, 4.69) is 0 Å². The van der Waals surface area contributed by atoms with E-state index in [1.807, 2.05) is 0 Å². The molecule has 1 saturated carbocycles. The molecule has 88 valence electrons. The molecule has 0 spiro atoms. The Kier molecular flexibility index (Phi) is 2.94. The first-order valence-electron chi connectivity index (χ1n) is 5.24. The van der Waals surface area contributed by atoms with E-state index < -0.39 is 23.7 Å². The van der Waals surface area contributed by atoms with Gasteiger partial charge in [0.1, 0.15) is 11.3 Å². The van der Waals surface area contributed by atoms with Gasteiger partial charge >= 0.3 is 5.97 Å². The van der Waals surface area contributed by atoms with Crippen LogP contribution in [-0.2, 0) is 0 Å². The summed E-state index contributed by atoms with van der Waals surface area (Å²) in [5, 5.41) is 8.78. The summed E-state index contributed by atoms with van der Waals surface area (Å²) in [6.07, 6.45) is 0.973. The van der Waals surface area contributed by atoms with Crippen LogP contribution in [0.5, 0.6) is 0 Å². The third-order valence-electron chi connectivity index (χ3n) is 2.97. The van der Waals surface area contributed by atoms with Crippen LogP contribution in [-0.4, -0.2) is 11.1 Å². The number of hydrogen-bond acceptors (Lipinski definition) is 2. The Hall–Kier alpha value is -1.39. The van der Waals surface area contributed by atoms with Gasteiger partial charge in [0, 0.05) is 5.92 Å². The van der Waals surface area contributed by atoms with Gasteiger partial charge in [0.2, 0.25) is 0 Å². The molecule has 0 radical (unpaired) electrons. The van der Waals surface area contributed by atoms with Crippen molar-refractivity contribution in [3.05, 3.63) is 23.2 Å². The quantitative estimate of drug-likeness (QED) is 0.863. The van der Waals surface area contributed by atoms with Crippen LogP contribution >= 0.6 is 0 Å². The summed E-state index contributed by atoms with van der Waals surface area (Å²) in [6, 6.07) is 1.25. The molecule has 1 fully saturated rings. The fourth-order valence-electron chi connectivity index (χ4n) is 2.17. The predicted octanol–water partition coefficient (Wildman–Crippen LogP) is 3.57. The smallest absolute Gasteiger partial charge is 0.339 e. The van der Waals surface area contributed by atoms with Crippen molar-refractivity contribution in [2.45, 2.75) is 38.0 Å². The van der Waals surface area contributed by atoms with Crippen molar-refractivity contribution >= 4 is 5.97 Å². The molecule has 0 saturated heterocycles. The molecule has 16 heavy (non-hydrogen) atoms. The maximum Gasteiger partial charge on any atom is 0.339 e. The fraction of sp³-hybridized carbons (Fsp3) is 0.545. The monoisotopic (exact) mass is 230 g/mol. The third-order valence-corrected chi connectivity index (χ3v) is 2.97. The normalized spacial score (nSPS) is 17.2. The van der Waals surface area contributed by atoms with E-state index in [4.69, 9.17) is 9.52 Å². The SMILES string of the molecule is O=C(O)c1cc(C2CCCC2)oc1C(F)F. The molecule has 1 heterocycles. The standard InChI is InChI=1S/C11H12F2O3/c12-10(13)9-7(11(14)15)5-8(16-9)6-3-1-2-4-6/h5-6,10H,1-4H2,(H,14,15). The van der Waals surface area contributed by atoms with E-state index in [0.717, 1.165) is 25.7 Å². The number of alkyl halides is 2. The highest BCUT2D eigenvalue weighted by Crippen LogP contribution is 2.38. The summed E-state index contributed by atoms with van der Waals surface area (Å²) in [6.45, 7) is 0. The second-order valence-corrected chi connectivity index (χ2v) is 4.01. The number of rotatable bonds is 3. The Morgan fingerprint density at radius 2 is 2.06 bits per heavy atom. The molecular formula is C11H12F2O3. The van der Waals surface area contributed by atoms with Crippen molar-refractivity contribution in [2.75, 3.05) is 0 Å². The lowest BCUT2D eigenvalue weighted by atomic mass is 10.0. The minimum absolute atomic E-state index is 0.102. The number of carboxylic acids is 1. The largest absolute Gasteiger partial charge is 0.478 e. The van der Waals surface area contributed by atoms with Gasteiger partial charge in [-0.1, -0.05) is 12.8 Å². The third kappa shape index (κ3) is 1.94. The molecule has 1 aromatic heterocycles. The van der Waals surface area contributed by atoms with E-state index in [-0.39, 0.29) is 5.92 Å². The Morgan fingerprint density at radius 1 is 1.44 bits per heavy atom.